The largest absolute Gasteiger partial charge is 0.369 e. The Balaban J connectivity index is 1.99. The van der Waals surface area contributed by atoms with Crippen molar-refractivity contribution in [2.75, 3.05) is 11.9 Å². The lowest BCUT2D eigenvalue weighted by Gasteiger charge is -2.45. The molecular formula is C20H23ClN2. The van der Waals surface area contributed by atoms with Gasteiger partial charge in [-0.2, -0.15) is 0 Å². The number of para-hydroxylation sites is 1. The number of rotatable bonds is 2. The summed E-state index contributed by atoms with van der Waals surface area (Å²) in [7, 11) is 2.15. The highest BCUT2D eigenvalue weighted by Crippen LogP contribution is 2.44. The molecule has 2 aromatic rings. The van der Waals surface area contributed by atoms with E-state index in [1.165, 1.54) is 11.3 Å². The Morgan fingerprint density at radius 2 is 1.91 bits per heavy atom. The second-order valence-corrected chi connectivity index (χ2v) is 7.41. The van der Waals surface area contributed by atoms with Crippen LogP contribution in [-0.2, 0) is 0 Å². The Morgan fingerprint density at radius 3 is 2.61 bits per heavy atom. The first kappa shape index (κ1) is 16.1. The normalized spacial score (nSPS) is 19.9. The van der Waals surface area contributed by atoms with Gasteiger partial charge in [-0.1, -0.05) is 36.7 Å². The zero-order valence-electron chi connectivity index (χ0n) is 14.2. The number of hydrogen-bond donors (Lipinski definition) is 0. The molecule has 0 bridgehead atoms. The standard InChI is InChI=1S/C20H23ClN2/c1-14-12-20(2,3)23(4)19-11-18(21)15(10-17(14)19)13-22-16-8-6-5-7-9-16/h5-11,13-14H,12H2,1-4H3/t14-/m0/s1. The lowest BCUT2D eigenvalue weighted by molar-refractivity contribution is 0.395. The highest BCUT2D eigenvalue weighted by Gasteiger charge is 2.34. The minimum Gasteiger partial charge on any atom is -0.369 e. The van der Waals surface area contributed by atoms with Crippen molar-refractivity contribution in [3.05, 3.63) is 58.6 Å². The van der Waals surface area contributed by atoms with Crippen molar-refractivity contribution in [2.45, 2.75) is 38.6 Å². The van der Waals surface area contributed by atoms with Crippen LogP contribution in [0.25, 0.3) is 0 Å². The molecule has 0 N–H and O–H groups in total. The lowest BCUT2D eigenvalue weighted by atomic mass is 9.80. The molecule has 0 aliphatic carbocycles. The number of fused-ring (bicyclic) bond motifs is 1. The predicted molar refractivity (Wildman–Crippen MR) is 101 cm³/mol. The summed E-state index contributed by atoms with van der Waals surface area (Å²) < 4.78 is 0. The summed E-state index contributed by atoms with van der Waals surface area (Å²) in [6, 6.07) is 14.2. The number of aliphatic imine (C=N–C) groups is 1. The molecule has 0 fully saturated rings. The van der Waals surface area contributed by atoms with Crippen LogP contribution in [0.3, 0.4) is 0 Å². The van der Waals surface area contributed by atoms with Crippen molar-refractivity contribution in [1.29, 1.82) is 0 Å². The fourth-order valence-corrected chi connectivity index (χ4v) is 3.57. The summed E-state index contributed by atoms with van der Waals surface area (Å²) in [5, 5.41) is 0.750. The third-order valence-corrected chi connectivity index (χ3v) is 5.19. The van der Waals surface area contributed by atoms with Crippen molar-refractivity contribution in [2.24, 2.45) is 4.99 Å². The summed E-state index contributed by atoms with van der Waals surface area (Å²) in [5.74, 6) is 0.511. The van der Waals surface area contributed by atoms with E-state index in [2.05, 4.69) is 49.8 Å². The Kier molecular flexibility index (Phi) is 4.20. The van der Waals surface area contributed by atoms with Crippen molar-refractivity contribution < 1.29 is 0 Å². The van der Waals surface area contributed by atoms with Crippen LogP contribution in [0.15, 0.2) is 47.5 Å². The molecule has 120 valence electrons. The third kappa shape index (κ3) is 3.13. The van der Waals surface area contributed by atoms with Crippen LogP contribution in [0.1, 0.15) is 44.2 Å². The second-order valence-electron chi connectivity index (χ2n) is 7.00. The van der Waals surface area contributed by atoms with E-state index in [4.69, 9.17) is 11.6 Å². The first-order valence-electron chi connectivity index (χ1n) is 8.05. The van der Waals surface area contributed by atoms with E-state index in [1.54, 1.807) is 0 Å². The van der Waals surface area contributed by atoms with E-state index in [9.17, 15) is 0 Å². The topological polar surface area (TPSA) is 15.6 Å². The monoisotopic (exact) mass is 326 g/mol. The Morgan fingerprint density at radius 1 is 1.22 bits per heavy atom. The highest BCUT2D eigenvalue weighted by molar-refractivity contribution is 6.33. The van der Waals surface area contributed by atoms with E-state index in [-0.39, 0.29) is 5.54 Å². The van der Waals surface area contributed by atoms with Gasteiger partial charge in [-0.3, -0.25) is 4.99 Å². The summed E-state index contributed by atoms with van der Waals surface area (Å²) in [4.78, 5) is 6.88. The molecule has 1 aliphatic heterocycles. The van der Waals surface area contributed by atoms with Gasteiger partial charge in [0.2, 0.25) is 0 Å². The molecule has 23 heavy (non-hydrogen) atoms. The summed E-state index contributed by atoms with van der Waals surface area (Å²) >= 11 is 6.52. The van der Waals surface area contributed by atoms with Gasteiger partial charge in [0.05, 0.1) is 10.7 Å². The van der Waals surface area contributed by atoms with Gasteiger partial charge in [0.1, 0.15) is 0 Å². The van der Waals surface area contributed by atoms with E-state index in [1.807, 2.05) is 36.5 Å². The smallest absolute Gasteiger partial charge is 0.0629 e. The van der Waals surface area contributed by atoms with Crippen LogP contribution < -0.4 is 4.90 Å². The molecule has 1 aliphatic rings. The Hall–Kier alpha value is -1.80. The zero-order valence-corrected chi connectivity index (χ0v) is 14.9. The van der Waals surface area contributed by atoms with Gasteiger partial charge >= 0.3 is 0 Å². The molecule has 1 heterocycles. The van der Waals surface area contributed by atoms with Crippen LogP contribution in [0, 0.1) is 0 Å². The summed E-state index contributed by atoms with van der Waals surface area (Å²) in [5.41, 5.74) is 4.65. The molecular weight excluding hydrogens is 304 g/mol. The SMILES string of the molecule is C[C@H]1CC(C)(C)N(C)c2cc(Cl)c(C=Nc3ccccc3)cc21. The van der Waals surface area contributed by atoms with Crippen molar-refractivity contribution in [3.63, 3.8) is 0 Å². The molecule has 0 aromatic heterocycles. The van der Waals surface area contributed by atoms with Crippen LogP contribution >= 0.6 is 11.6 Å². The van der Waals surface area contributed by atoms with Gasteiger partial charge in [-0.25, -0.2) is 0 Å². The highest BCUT2D eigenvalue weighted by atomic mass is 35.5. The molecule has 0 amide bonds. The van der Waals surface area contributed by atoms with Crippen LogP contribution in [0.4, 0.5) is 11.4 Å². The van der Waals surface area contributed by atoms with Crippen LogP contribution in [-0.4, -0.2) is 18.8 Å². The zero-order chi connectivity index (χ0) is 16.6. The number of anilines is 1. The predicted octanol–water partition coefficient (Wildman–Crippen LogP) is 5.81. The van der Waals surface area contributed by atoms with Crippen molar-refractivity contribution >= 4 is 29.2 Å². The van der Waals surface area contributed by atoms with Crippen molar-refractivity contribution in [1.82, 2.24) is 0 Å². The Labute approximate surface area is 143 Å². The first-order valence-corrected chi connectivity index (χ1v) is 8.43. The van der Waals surface area contributed by atoms with Gasteiger partial charge in [0.15, 0.2) is 0 Å². The fraction of sp³-hybridized carbons (Fsp3) is 0.350. The van der Waals surface area contributed by atoms with E-state index < -0.39 is 0 Å². The quantitative estimate of drug-likeness (QED) is 0.635. The minimum atomic E-state index is 0.148. The van der Waals surface area contributed by atoms with Gasteiger partial charge < -0.3 is 4.90 Å². The molecule has 1 atom stereocenters. The van der Waals surface area contributed by atoms with E-state index >= 15 is 0 Å². The van der Waals surface area contributed by atoms with Gasteiger partial charge in [-0.05, 0) is 56.0 Å². The average molecular weight is 327 g/mol. The number of hydrogen-bond acceptors (Lipinski definition) is 2. The molecule has 2 aromatic carbocycles. The molecule has 0 spiro atoms. The maximum atomic E-state index is 6.52. The lowest BCUT2D eigenvalue weighted by Crippen LogP contribution is -2.45. The first-order chi connectivity index (χ1) is 10.9. The second kappa shape index (κ2) is 6.01. The van der Waals surface area contributed by atoms with Gasteiger partial charge in [0.25, 0.3) is 0 Å². The van der Waals surface area contributed by atoms with Crippen molar-refractivity contribution in [3.8, 4) is 0 Å². The van der Waals surface area contributed by atoms with E-state index in [0.717, 1.165) is 22.7 Å². The maximum absolute atomic E-state index is 6.52. The third-order valence-electron chi connectivity index (χ3n) is 4.86. The fourth-order valence-electron chi connectivity index (χ4n) is 3.36. The van der Waals surface area contributed by atoms with E-state index in [0.29, 0.717) is 5.92 Å². The van der Waals surface area contributed by atoms with Gasteiger partial charge in [-0.15, -0.1) is 0 Å². The molecule has 0 radical (unpaired) electrons. The molecule has 3 rings (SSSR count). The number of nitrogens with zero attached hydrogens (tertiary/aromatic N) is 2. The van der Waals surface area contributed by atoms with Crippen LogP contribution in [0.5, 0.6) is 0 Å². The maximum Gasteiger partial charge on any atom is 0.0629 e. The van der Waals surface area contributed by atoms with Gasteiger partial charge in [0, 0.05) is 30.1 Å². The number of benzene rings is 2. The summed E-state index contributed by atoms with van der Waals surface area (Å²) in [6.45, 7) is 6.86. The summed E-state index contributed by atoms with van der Waals surface area (Å²) in [6.07, 6.45) is 3.00. The average Bonchev–Trinajstić information content (AvgIpc) is 2.52. The van der Waals surface area contributed by atoms with Crippen LogP contribution in [0.2, 0.25) is 5.02 Å². The number of halogens is 1. The molecule has 3 heteroatoms. The molecule has 0 saturated heterocycles. The molecule has 0 saturated carbocycles. The molecule has 0 unspecified atom stereocenters. The minimum absolute atomic E-state index is 0.148. The Bertz CT molecular complexity index is 735. The molecule has 2 nitrogen and oxygen atoms in total.